The summed E-state index contributed by atoms with van der Waals surface area (Å²) in [7, 11) is 0. The normalized spacial score (nSPS) is 24.5. The molecule has 11 heavy (non-hydrogen) atoms. The fourth-order valence-electron chi connectivity index (χ4n) is 1.21. The van der Waals surface area contributed by atoms with Gasteiger partial charge < -0.3 is 15.8 Å². The first kappa shape index (κ1) is 8.74. The zero-order valence-electron chi connectivity index (χ0n) is 6.51. The van der Waals surface area contributed by atoms with Gasteiger partial charge in [0.1, 0.15) is 0 Å². The van der Waals surface area contributed by atoms with Crippen LogP contribution in [0, 0.1) is 5.92 Å². The van der Waals surface area contributed by atoms with Crippen molar-refractivity contribution < 1.29 is 4.74 Å². The van der Waals surface area contributed by atoms with E-state index in [0.717, 1.165) is 26.2 Å². The summed E-state index contributed by atoms with van der Waals surface area (Å²) in [5.41, 5.74) is 5.29. The van der Waals surface area contributed by atoms with E-state index in [4.69, 9.17) is 10.5 Å². The largest absolute Gasteiger partial charge is 0.381 e. The Morgan fingerprint density at radius 3 is 3.09 bits per heavy atom. The fourth-order valence-corrected chi connectivity index (χ4v) is 1.30. The van der Waals surface area contributed by atoms with E-state index in [1.807, 2.05) is 0 Å². The topological polar surface area (TPSA) is 47.3 Å². The molecule has 3 nitrogen and oxygen atoms in total. The second-order valence-corrected chi connectivity index (χ2v) is 3.27. The average Bonchev–Trinajstić information content (AvgIpc) is 2.03. The van der Waals surface area contributed by atoms with E-state index in [2.05, 4.69) is 17.5 Å². The Kier molecular flexibility index (Phi) is 3.59. The molecule has 1 atom stereocenters. The smallest absolute Gasteiger partial charge is 0.163 e. The summed E-state index contributed by atoms with van der Waals surface area (Å²) >= 11 is 4.69. The maximum atomic E-state index is 5.29. The first-order valence-electron chi connectivity index (χ1n) is 3.90. The molecule has 1 saturated heterocycles. The second-order valence-electron chi connectivity index (χ2n) is 2.83. The molecule has 3 N–H and O–H groups in total. The van der Waals surface area contributed by atoms with Crippen LogP contribution in [0.1, 0.15) is 12.8 Å². The number of rotatable bonds is 2. The van der Waals surface area contributed by atoms with E-state index >= 15 is 0 Å². The molecule has 1 aliphatic rings. The van der Waals surface area contributed by atoms with Gasteiger partial charge in [-0.1, -0.05) is 0 Å². The van der Waals surface area contributed by atoms with Crippen LogP contribution in [0.5, 0.6) is 0 Å². The predicted octanol–water partition coefficient (Wildman–Crippen LogP) is 0.246. The monoisotopic (exact) mass is 174 g/mol. The molecule has 1 aliphatic heterocycles. The van der Waals surface area contributed by atoms with Crippen LogP contribution in [0.15, 0.2) is 0 Å². The summed E-state index contributed by atoms with van der Waals surface area (Å²) < 4.78 is 5.29. The summed E-state index contributed by atoms with van der Waals surface area (Å²) in [5.74, 6) is 0.588. The predicted molar refractivity (Wildman–Crippen MR) is 48.3 cm³/mol. The van der Waals surface area contributed by atoms with Gasteiger partial charge in [0.2, 0.25) is 0 Å². The zero-order chi connectivity index (χ0) is 8.10. The van der Waals surface area contributed by atoms with E-state index in [9.17, 15) is 0 Å². The van der Waals surface area contributed by atoms with Gasteiger partial charge in [-0.05, 0) is 31.0 Å². The number of nitrogens with two attached hydrogens (primary N) is 1. The average molecular weight is 174 g/mol. The molecule has 0 amide bonds. The quantitative estimate of drug-likeness (QED) is 0.589. The minimum Gasteiger partial charge on any atom is -0.381 e. The highest BCUT2D eigenvalue weighted by molar-refractivity contribution is 7.80. The van der Waals surface area contributed by atoms with Gasteiger partial charge in [-0.2, -0.15) is 0 Å². The third-order valence-corrected chi connectivity index (χ3v) is 1.96. The molecule has 0 spiro atoms. The van der Waals surface area contributed by atoms with Crippen LogP contribution in [0.3, 0.4) is 0 Å². The molecule has 1 rings (SSSR count). The van der Waals surface area contributed by atoms with Gasteiger partial charge in [-0.25, -0.2) is 0 Å². The summed E-state index contributed by atoms with van der Waals surface area (Å²) in [6, 6.07) is 0. The third kappa shape index (κ3) is 3.53. The molecular formula is C7H14N2OS. The van der Waals surface area contributed by atoms with Crippen molar-refractivity contribution >= 4 is 17.3 Å². The Balaban J connectivity index is 2.09. The molecule has 0 aromatic carbocycles. The summed E-state index contributed by atoms with van der Waals surface area (Å²) in [6.07, 6.45) is 2.37. The van der Waals surface area contributed by atoms with Crippen molar-refractivity contribution in [1.29, 1.82) is 0 Å². The van der Waals surface area contributed by atoms with Crippen LogP contribution in [0.4, 0.5) is 0 Å². The molecule has 0 aromatic heterocycles. The Hall–Kier alpha value is -0.350. The maximum absolute atomic E-state index is 5.29. The lowest BCUT2D eigenvalue weighted by Gasteiger charge is -2.22. The fraction of sp³-hybridized carbons (Fsp3) is 0.857. The van der Waals surface area contributed by atoms with Crippen LogP contribution >= 0.6 is 12.2 Å². The Morgan fingerprint density at radius 2 is 2.55 bits per heavy atom. The van der Waals surface area contributed by atoms with E-state index in [1.54, 1.807) is 0 Å². The Bertz CT molecular complexity index is 134. The molecule has 64 valence electrons. The van der Waals surface area contributed by atoms with Crippen LogP contribution in [-0.4, -0.2) is 24.9 Å². The van der Waals surface area contributed by atoms with Crippen molar-refractivity contribution in [3.8, 4) is 0 Å². The van der Waals surface area contributed by atoms with Gasteiger partial charge in [-0.15, -0.1) is 0 Å². The van der Waals surface area contributed by atoms with E-state index < -0.39 is 0 Å². The van der Waals surface area contributed by atoms with Gasteiger partial charge in [0.05, 0.1) is 6.61 Å². The standard InChI is InChI=1S/C7H14N2OS/c8-7(11)9-4-6-2-1-3-10-5-6/h6H,1-5H2,(H3,8,9,11). The highest BCUT2D eigenvalue weighted by Gasteiger charge is 2.12. The lowest BCUT2D eigenvalue weighted by atomic mass is 10.0. The molecular weight excluding hydrogens is 160 g/mol. The SMILES string of the molecule is NC(=S)NCC1CCCOC1. The highest BCUT2D eigenvalue weighted by atomic mass is 32.1. The molecule has 1 fully saturated rings. The van der Waals surface area contributed by atoms with Gasteiger partial charge in [0, 0.05) is 13.2 Å². The lowest BCUT2D eigenvalue weighted by Crippen LogP contribution is -2.36. The van der Waals surface area contributed by atoms with Crippen LogP contribution in [-0.2, 0) is 4.74 Å². The molecule has 0 aliphatic carbocycles. The third-order valence-electron chi connectivity index (χ3n) is 1.82. The molecule has 0 radical (unpaired) electrons. The number of nitrogens with one attached hydrogen (secondary N) is 1. The number of ether oxygens (including phenoxy) is 1. The molecule has 0 saturated carbocycles. The second kappa shape index (κ2) is 4.51. The summed E-state index contributed by atoms with van der Waals surface area (Å²) in [5, 5.41) is 3.33. The highest BCUT2D eigenvalue weighted by Crippen LogP contribution is 2.11. The lowest BCUT2D eigenvalue weighted by molar-refractivity contribution is 0.0565. The number of hydrogen-bond acceptors (Lipinski definition) is 2. The van der Waals surface area contributed by atoms with E-state index in [0.29, 0.717) is 11.0 Å². The number of hydrogen-bond donors (Lipinski definition) is 2. The van der Waals surface area contributed by atoms with Crippen molar-refractivity contribution in [3.05, 3.63) is 0 Å². The van der Waals surface area contributed by atoms with Crippen molar-refractivity contribution in [1.82, 2.24) is 5.32 Å². The first-order chi connectivity index (χ1) is 5.29. The van der Waals surface area contributed by atoms with Crippen molar-refractivity contribution in [3.63, 3.8) is 0 Å². The first-order valence-corrected chi connectivity index (χ1v) is 4.31. The van der Waals surface area contributed by atoms with Gasteiger partial charge in [-0.3, -0.25) is 0 Å². The molecule has 0 bridgehead atoms. The summed E-state index contributed by atoms with van der Waals surface area (Å²) in [4.78, 5) is 0. The minimum absolute atomic E-state index is 0.385. The zero-order valence-corrected chi connectivity index (χ0v) is 7.32. The van der Waals surface area contributed by atoms with Gasteiger partial charge in [0.15, 0.2) is 5.11 Å². The van der Waals surface area contributed by atoms with Gasteiger partial charge >= 0.3 is 0 Å². The Labute approximate surface area is 72.3 Å². The van der Waals surface area contributed by atoms with Crippen molar-refractivity contribution in [2.75, 3.05) is 19.8 Å². The Morgan fingerprint density at radius 1 is 1.73 bits per heavy atom. The number of thiocarbonyl (C=S) groups is 1. The molecule has 1 heterocycles. The van der Waals surface area contributed by atoms with Crippen molar-refractivity contribution in [2.45, 2.75) is 12.8 Å². The molecule has 4 heteroatoms. The van der Waals surface area contributed by atoms with Crippen LogP contribution < -0.4 is 11.1 Å². The summed E-state index contributed by atoms with van der Waals surface area (Å²) in [6.45, 7) is 2.61. The molecule has 1 unspecified atom stereocenters. The van der Waals surface area contributed by atoms with Crippen molar-refractivity contribution in [2.24, 2.45) is 11.7 Å². The van der Waals surface area contributed by atoms with E-state index in [-0.39, 0.29) is 0 Å². The van der Waals surface area contributed by atoms with E-state index in [1.165, 1.54) is 6.42 Å². The maximum Gasteiger partial charge on any atom is 0.163 e. The molecule has 0 aromatic rings. The minimum atomic E-state index is 0.385. The van der Waals surface area contributed by atoms with Crippen LogP contribution in [0.2, 0.25) is 0 Å². The van der Waals surface area contributed by atoms with Gasteiger partial charge in [0.25, 0.3) is 0 Å². The van der Waals surface area contributed by atoms with Crippen LogP contribution in [0.25, 0.3) is 0 Å².